The molecule has 18 heavy (non-hydrogen) atoms. The summed E-state index contributed by atoms with van der Waals surface area (Å²) >= 11 is 0. The Morgan fingerprint density at radius 3 is 2.61 bits per heavy atom. The molecular formula is C14H14FNO2. The van der Waals surface area contributed by atoms with E-state index in [-0.39, 0.29) is 0 Å². The molecule has 0 aliphatic heterocycles. The fourth-order valence-electron chi connectivity index (χ4n) is 1.79. The first-order valence-corrected chi connectivity index (χ1v) is 5.56. The van der Waals surface area contributed by atoms with Gasteiger partial charge in [0.1, 0.15) is 17.7 Å². The maximum absolute atomic E-state index is 12.8. The highest BCUT2D eigenvalue weighted by molar-refractivity contribution is 5.38. The molecule has 0 spiro atoms. The highest BCUT2D eigenvalue weighted by Gasteiger charge is 2.14. The summed E-state index contributed by atoms with van der Waals surface area (Å²) in [6.07, 6.45) is 0.230. The third-order valence-corrected chi connectivity index (χ3v) is 2.80. The van der Waals surface area contributed by atoms with Crippen LogP contribution in [0.5, 0.6) is 5.75 Å². The van der Waals surface area contributed by atoms with Gasteiger partial charge in [-0.05, 0) is 42.3 Å². The summed E-state index contributed by atoms with van der Waals surface area (Å²) in [5.74, 6) is 0.313. The first-order chi connectivity index (χ1) is 8.61. The summed E-state index contributed by atoms with van der Waals surface area (Å²) in [5, 5.41) is 10.2. The molecule has 0 aliphatic carbocycles. The fourth-order valence-corrected chi connectivity index (χ4v) is 1.79. The number of aliphatic hydroxyl groups excluding tert-OH is 1. The predicted molar refractivity (Wildman–Crippen MR) is 66.0 cm³/mol. The topological polar surface area (TPSA) is 42.4 Å². The normalized spacial score (nSPS) is 12.2. The summed E-state index contributed by atoms with van der Waals surface area (Å²) in [4.78, 5) is 3.88. The maximum Gasteiger partial charge on any atom is 0.141 e. The summed E-state index contributed by atoms with van der Waals surface area (Å²) < 4.78 is 17.9. The van der Waals surface area contributed by atoms with Gasteiger partial charge in [-0.3, -0.25) is 4.98 Å². The van der Waals surface area contributed by atoms with Crippen LogP contribution in [-0.2, 0) is 0 Å². The lowest BCUT2D eigenvalue weighted by Gasteiger charge is -2.14. The molecule has 0 bridgehead atoms. The Kier molecular flexibility index (Phi) is 3.58. The van der Waals surface area contributed by atoms with Crippen LogP contribution in [0.4, 0.5) is 4.39 Å². The second-order valence-corrected chi connectivity index (χ2v) is 4.03. The number of hydrogen-bond donors (Lipinski definition) is 1. The van der Waals surface area contributed by atoms with E-state index in [1.165, 1.54) is 12.1 Å². The van der Waals surface area contributed by atoms with Crippen LogP contribution >= 0.6 is 0 Å². The number of halogens is 1. The van der Waals surface area contributed by atoms with Crippen molar-refractivity contribution in [1.82, 2.24) is 4.98 Å². The Hall–Kier alpha value is -1.94. The molecule has 1 unspecified atom stereocenters. The van der Waals surface area contributed by atoms with Crippen LogP contribution in [0.2, 0.25) is 0 Å². The average molecular weight is 247 g/mol. The van der Waals surface area contributed by atoms with Crippen molar-refractivity contribution in [2.45, 2.75) is 13.0 Å². The van der Waals surface area contributed by atoms with E-state index in [0.29, 0.717) is 5.69 Å². The van der Waals surface area contributed by atoms with Crippen LogP contribution < -0.4 is 4.74 Å². The van der Waals surface area contributed by atoms with Gasteiger partial charge in [0.2, 0.25) is 0 Å². The monoisotopic (exact) mass is 247 g/mol. The third-order valence-electron chi connectivity index (χ3n) is 2.80. The second-order valence-electron chi connectivity index (χ2n) is 4.03. The third kappa shape index (κ3) is 2.49. The zero-order chi connectivity index (χ0) is 13.1. The fraction of sp³-hybridized carbons (Fsp3) is 0.214. The molecule has 1 aromatic heterocycles. The Bertz CT molecular complexity index is 540. The van der Waals surface area contributed by atoms with Gasteiger partial charge in [-0.2, -0.15) is 0 Å². The van der Waals surface area contributed by atoms with Gasteiger partial charge in [0.05, 0.1) is 19.0 Å². The molecule has 1 heterocycles. The van der Waals surface area contributed by atoms with Crippen molar-refractivity contribution in [3.8, 4) is 5.75 Å². The number of aromatic nitrogens is 1. The highest BCUT2D eigenvalue weighted by atomic mass is 19.1. The Morgan fingerprint density at radius 2 is 2.06 bits per heavy atom. The lowest BCUT2D eigenvalue weighted by atomic mass is 10.0. The molecule has 1 aromatic carbocycles. The summed E-state index contributed by atoms with van der Waals surface area (Å²) in [6.45, 7) is 1.88. The number of nitrogens with zero attached hydrogens (tertiary/aromatic N) is 1. The van der Waals surface area contributed by atoms with Crippen molar-refractivity contribution in [2.24, 2.45) is 0 Å². The van der Waals surface area contributed by atoms with E-state index in [1.807, 2.05) is 13.0 Å². The van der Waals surface area contributed by atoms with Crippen molar-refractivity contribution in [3.05, 3.63) is 59.2 Å². The molecule has 94 valence electrons. The minimum absolute atomic E-state index is 0.419. The molecule has 0 amide bonds. The van der Waals surface area contributed by atoms with Gasteiger partial charge in [0.15, 0.2) is 0 Å². The van der Waals surface area contributed by atoms with Crippen LogP contribution in [0, 0.1) is 12.7 Å². The largest absolute Gasteiger partial charge is 0.497 e. The summed E-state index contributed by atoms with van der Waals surface area (Å²) in [7, 11) is 1.59. The predicted octanol–water partition coefficient (Wildman–Crippen LogP) is 2.62. The molecule has 0 saturated heterocycles. The van der Waals surface area contributed by atoms with Crippen LogP contribution in [-0.4, -0.2) is 17.2 Å². The van der Waals surface area contributed by atoms with Crippen molar-refractivity contribution in [3.63, 3.8) is 0 Å². The van der Waals surface area contributed by atoms with Crippen LogP contribution in [0.3, 0.4) is 0 Å². The van der Waals surface area contributed by atoms with Crippen molar-refractivity contribution >= 4 is 0 Å². The van der Waals surface area contributed by atoms with Crippen molar-refractivity contribution in [1.29, 1.82) is 0 Å². The van der Waals surface area contributed by atoms with Crippen molar-refractivity contribution < 1.29 is 14.2 Å². The molecule has 0 fully saturated rings. The van der Waals surface area contributed by atoms with E-state index >= 15 is 0 Å². The molecule has 4 heteroatoms. The number of pyridine rings is 1. The van der Waals surface area contributed by atoms with Gasteiger partial charge < -0.3 is 9.84 Å². The molecule has 3 nitrogen and oxygen atoms in total. The zero-order valence-electron chi connectivity index (χ0n) is 10.2. The zero-order valence-corrected chi connectivity index (χ0v) is 10.2. The first kappa shape index (κ1) is 12.5. The highest BCUT2D eigenvalue weighted by Crippen LogP contribution is 2.26. The molecule has 0 radical (unpaired) electrons. The molecule has 2 aromatic rings. The standard InChI is InChI=1S/C14H14FNO2/c1-9-7-11(18-2)4-5-12(9)14(17)13-6-3-10(15)8-16-13/h3-8,14,17H,1-2H3. The average Bonchev–Trinajstić information content (AvgIpc) is 2.38. The Labute approximate surface area is 105 Å². The smallest absolute Gasteiger partial charge is 0.141 e. The quantitative estimate of drug-likeness (QED) is 0.906. The Morgan fingerprint density at radius 1 is 1.28 bits per heavy atom. The minimum atomic E-state index is -0.864. The number of rotatable bonds is 3. The van der Waals surface area contributed by atoms with E-state index in [4.69, 9.17) is 4.74 Å². The molecule has 0 aliphatic rings. The maximum atomic E-state index is 12.8. The number of methoxy groups -OCH3 is 1. The van der Waals surface area contributed by atoms with Crippen LogP contribution in [0.25, 0.3) is 0 Å². The molecule has 0 saturated carbocycles. The van der Waals surface area contributed by atoms with Gasteiger partial charge in [-0.25, -0.2) is 4.39 Å². The van der Waals surface area contributed by atoms with Gasteiger partial charge in [-0.15, -0.1) is 0 Å². The van der Waals surface area contributed by atoms with Crippen LogP contribution in [0.15, 0.2) is 36.5 Å². The first-order valence-electron chi connectivity index (χ1n) is 5.56. The molecular weight excluding hydrogens is 233 g/mol. The number of aliphatic hydroxyl groups is 1. The number of aryl methyl sites for hydroxylation is 1. The lowest BCUT2D eigenvalue weighted by Crippen LogP contribution is -2.04. The van der Waals surface area contributed by atoms with E-state index < -0.39 is 11.9 Å². The minimum Gasteiger partial charge on any atom is -0.497 e. The van der Waals surface area contributed by atoms with Gasteiger partial charge in [-0.1, -0.05) is 6.07 Å². The van der Waals surface area contributed by atoms with E-state index in [9.17, 15) is 9.50 Å². The summed E-state index contributed by atoms with van der Waals surface area (Å²) in [6, 6.07) is 8.15. The van der Waals surface area contributed by atoms with Gasteiger partial charge >= 0.3 is 0 Å². The van der Waals surface area contributed by atoms with Gasteiger partial charge in [0.25, 0.3) is 0 Å². The second kappa shape index (κ2) is 5.14. The Balaban J connectivity index is 2.33. The molecule has 1 N–H and O–H groups in total. The number of hydrogen-bond acceptors (Lipinski definition) is 3. The van der Waals surface area contributed by atoms with Gasteiger partial charge in [0, 0.05) is 0 Å². The van der Waals surface area contributed by atoms with E-state index in [1.54, 1.807) is 19.2 Å². The van der Waals surface area contributed by atoms with Crippen LogP contribution in [0.1, 0.15) is 22.9 Å². The number of benzene rings is 1. The lowest BCUT2D eigenvalue weighted by molar-refractivity contribution is 0.214. The molecule has 2 rings (SSSR count). The van der Waals surface area contributed by atoms with Crippen molar-refractivity contribution in [2.75, 3.05) is 7.11 Å². The molecule has 1 atom stereocenters. The van der Waals surface area contributed by atoms with E-state index in [2.05, 4.69) is 4.98 Å². The van der Waals surface area contributed by atoms with E-state index in [0.717, 1.165) is 23.1 Å². The SMILES string of the molecule is COc1ccc(C(O)c2ccc(F)cn2)c(C)c1. The number of ether oxygens (including phenoxy) is 1. The summed E-state index contributed by atoms with van der Waals surface area (Å²) in [5.41, 5.74) is 2.05.